The van der Waals surface area contributed by atoms with Crippen molar-refractivity contribution in [1.29, 1.82) is 0 Å². The van der Waals surface area contributed by atoms with Crippen LogP contribution in [-0.2, 0) is 16.0 Å². The number of aryl methyl sites for hydroxylation is 3. The van der Waals surface area contributed by atoms with Gasteiger partial charge in [0.1, 0.15) is 5.75 Å². The molecule has 0 radical (unpaired) electrons. The van der Waals surface area contributed by atoms with Gasteiger partial charge in [-0.3, -0.25) is 0 Å². The number of carbonyl (C=O) groups is 1. The predicted molar refractivity (Wildman–Crippen MR) is 87.4 cm³/mol. The van der Waals surface area contributed by atoms with Gasteiger partial charge in [-0.05, 0) is 49.1 Å². The molecule has 2 aromatic carbocycles. The van der Waals surface area contributed by atoms with Crippen LogP contribution in [-0.4, -0.2) is 19.7 Å². The molecule has 0 fully saturated rings. The first-order chi connectivity index (χ1) is 10.5. The number of esters is 1. The molecule has 0 heterocycles. The summed E-state index contributed by atoms with van der Waals surface area (Å²) < 4.78 is 10.2. The minimum Gasteiger partial charge on any atom is -0.482 e. The summed E-state index contributed by atoms with van der Waals surface area (Å²) >= 11 is 0. The smallest absolute Gasteiger partial charge is 0.343 e. The van der Waals surface area contributed by atoms with E-state index in [1.165, 1.54) is 29.4 Å². The standard InChI is InChI=1S/C19H22O3/c1-13-9-14(2)17(15(3)10-13)11-16-7-5-6-8-18(16)22-12-19(20)21-4/h5-10H,11-12H2,1-4H3. The van der Waals surface area contributed by atoms with Crippen molar-refractivity contribution in [3.05, 3.63) is 64.2 Å². The van der Waals surface area contributed by atoms with Crippen LogP contribution in [0, 0.1) is 20.8 Å². The summed E-state index contributed by atoms with van der Waals surface area (Å²) in [5.74, 6) is 0.352. The summed E-state index contributed by atoms with van der Waals surface area (Å²) in [7, 11) is 1.36. The third kappa shape index (κ3) is 3.88. The number of hydrogen-bond acceptors (Lipinski definition) is 3. The maximum Gasteiger partial charge on any atom is 0.343 e. The molecule has 0 saturated heterocycles. The van der Waals surface area contributed by atoms with E-state index in [9.17, 15) is 4.79 Å². The largest absolute Gasteiger partial charge is 0.482 e. The molecule has 0 N–H and O–H groups in total. The third-order valence-corrected chi connectivity index (χ3v) is 3.75. The highest BCUT2D eigenvalue weighted by Gasteiger charge is 2.10. The van der Waals surface area contributed by atoms with E-state index < -0.39 is 0 Å². The zero-order valence-electron chi connectivity index (χ0n) is 13.6. The fourth-order valence-electron chi connectivity index (χ4n) is 2.67. The topological polar surface area (TPSA) is 35.5 Å². The molecule has 3 nitrogen and oxygen atoms in total. The van der Waals surface area contributed by atoms with Gasteiger partial charge in [0, 0.05) is 6.42 Å². The van der Waals surface area contributed by atoms with Crippen molar-refractivity contribution in [2.75, 3.05) is 13.7 Å². The lowest BCUT2D eigenvalue weighted by Gasteiger charge is -2.14. The summed E-state index contributed by atoms with van der Waals surface area (Å²) in [5.41, 5.74) is 6.20. The van der Waals surface area contributed by atoms with Crippen LogP contribution < -0.4 is 4.74 Å². The molecule has 3 heteroatoms. The molecule has 0 aliphatic carbocycles. The van der Waals surface area contributed by atoms with Crippen LogP contribution in [0.3, 0.4) is 0 Å². The summed E-state index contributed by atoms with van der Waals surface area (Å²) in [5, 5.41) is 0. The number of para-hydroxylation sites is 1. The van der Waals surface area contributed by atoms with Crippen LogP contribution in [0.25, 0.3) is 0 Å². The quantitative estimate of drug-likeness (QED) is 0.789. The molecule has 2 rings (SSSR count). The summed E-state index contributed by atoms with van der Waals surface area (Å²) in [6.45, 7) is 6.30. The van der Waals surface area contributed by atoms with Gasteiger partial charge < -0.3 is 9.47 Å². The number of rotatable bonds is 5. The predicted octanol–water partition coefficient (Wildman–Crippen LogP) is 3.75. The zero-order chi connectivity index (χ0) is 16.1. The Morgan fingerprint density at radius 2 is 1.68 bits per heavy atom. The van der Waals surface area contributed by atoms with Crippen molar-refractivity contribution in [3.63, 3.8) is 0 Å². The Bertz CT molecular complexity index is 651. The van der Waals surface area contributed by atoms with Gasteiger partial charge in [-0.2, -0.15) is 0 Å². The molecule has 0 aliphatic rings. The average Bonchev–Trinajstić information content (AvgIpc) is 2.49. The molecule has 0 saturated carbocycles. The van der Waals surface area contributed by atoms with Crippen LogP contribution in [0.1, 0.15) is 27.8 Å². The minimum atomic E-state index is -0.377. The van der Waals surface area contributed by atoms with Crippen molar-refractivity contribution >= 4 is 5.97 Å². The van der Waals surface area contributed by atoms with Crippen molar-refractivity contribution < 1.29 is 14.3 Å². The second-order valence-corrected chi connectivity index (χ2v) is 5.53. The molecule has 0 amide bonds. The first-order valence-corrected chi connectivity index (χ1v) is 7.35. The highest BCUT2D eigenvalue weighted by atomic mass is 16.6. The number of methoxy groups -OCH3 is 1. The lowest BCUT2D eigenvalue weighted by Crippen LogP contribution is -2.13. The van der Waals surface area contributed by atoms with E-state index in [0.29, 0.717) is 0 Å². The van der Waals surface area contributed by atoms with Gasteiger partial charge in [0.15, 0.2) is 6.61 Å². The van der Waals surface area contributed by atoms with Crippen molar-refractivity contribution in [2.45, 2.75) is 27.2 Å². The molecule has 0 bridgehead atoms. The van der Waals surface area contributed by atoms with Crippen molar-refractivity contribution in [3.8, 4) is 5.75 Å². The summed E-state index contributed by atoms with van der Waals surface area (Å²) in [4.78, 5) is 11.3. The lowest BCUT2D eigenvalue weighted by atomic mass is 9.94. The maximum absolute atomic E-state index is 11.3. The third-order valence-electron chi connectivity index (χ3n) is 3.75. The van der Waals surface area contributed by atoms with Gasteiger partial charge in [-0.25, -0.2) is 4.79 Å². The maximum atomic E-state index is 11.3. The number of carbonyl (C=O) groups excluding carboxylic acids is 1. The zero-order valence-corrected chi connectivity index (χ0v) is 13.6. The summed E-state index contributed by atoms with van der Waals surface area (Å²) in [6.07, 6.45) is 0.787. The van der Waals surface area contributed by atoms with E-state index in [-0.39, 0.29) is 12.6 Å². The normalized spacial score (nSPS) is 10.4. The Kier molecular flexibility index (Phi) is 5.21. The van der Waals surface area contributed by atoms with Gasteiger partial charge in [-0.15, -0.1) is 0 Å². The molecule has 0 atom stereocenters. The molecule has 0 aliphatic heterocycles. The molecular weight excluding hydrogens is 276 g/mol. The van der Waals surface area contributed by atoms with E-state index >= 15 is 0 Å². The molecule has 22 heavy (non-hydrogen) atoms. The first-order valence-electron chi connectivity index (χ1n) is 7.35. The first kappa shape index (κ1) is 16.1. The molecule has 116 valence electrons. The van der Waals surface area contributed by atoms with Gasteiger partial charge in [0.05, 0.1) is 7.11 Å². The molecule has 0 unspecified atom stereocenters. The number of benzene rings is 2. The summed E-state index contributed by atoms with van der Waals surface area (Å²) in [6, 6.07) is 12.2. The Morgan fingerprint density at radius 3 is 2.32 bits per heavy atom. The monoisotopic (exact) mass is 298 g/mol. The van der Waals surface area contributed by atoms with Crippen molar-refractivity contribution in [1.82, 2.24) is 0 Å². The van der Waals surface area contributed by atoms with Gasteiger partial charge in [-0.1, -0.05) is 35.9 Å². The van der Waals surface area contributed by atoms with Crippen LogP contribution in [0.5, 0.6) is 5.75 Å². The Labute approximate surface area is 131 Å². The van der Waals surface area contributed by atoms with Crippen molar-refractivity contribution in [2.24, 2.45) is 0 Å². The highest BCUT2D eigenvalue weighted by Crippen LogP contribution is 2.25. The van der Waals surface area contributed by atoms with Gasteiger partial charge >= 0.3 is 5.97 Å². The SMILES string of the molecule is COC(=O)COc1ccccc1Cc1c(C)cc(C)cc1C. The number of ether oxygens (including phenoxy) is 2. The van der Waals surface area contributed by atoms with Gasteiger partial charge in [0.25, 0.3) is 0 Å². The van der Waals surface area contributed by atoms with Crippen LogP contribution in [0.15, 0.2) is 36.4 Å². The molecule has 0 aromatic heterocycles. The minimum absolute atomic E-state index is 0.0701. The van der Waals surface area contributed by atoms with Crippen LogP contribution in [0.2, 0.25) is 0 Å². The van der Waals surface area contributed by atoms with Crippen LogP contribution in [0.4, 0.5) is 0 Å². The van der Waals surface area contributed by atoms with E-state index in [0.717, 1.165) is 17.7 Å². The van der Waals surface area contributed by atoms with Gasteiger partial charge in [0.2, 0.25) is 0 Å². The fourth-order valence-corrected chi connectivity index (χ4v) is 2.67. The van der Waals surface area contributed by atoms with E-state index in [2.05, 4.69) is 37.6 Å². The number of hydrogen-bond donors (Lipinski definition) is 0. The average molecular weight is 298 g/mol. The second kappa shape index (κ2) is 7.12. The Balaban J connectivity index is 2.25. The molecular formula is C19H22O3. The fraction of sp³-hybridized carbons (Fsp3) is 0.316. The highest BCUT2D eigenvalue weighted by molar-refractivity contribution is 5.71. The van der Waals surface area contributed by atoms with E-state index in [1.54, 1.807) is 0 Å². The second-order valence-electron chi connectivity index (χ2n) is 5.53. The Hall–Kier alpha value is -2.29. The van der Waals surface area contributed by atoms with Crippen LogP contribution >= 0.6 is 0 Å². The Morgan fingerprint density at radius 1 is 1.05 bits per heavy atom. The lowest BCUT2D eigenvalue weighted by molar-refractivity contribution is -0.142. The van der Waals surface area contributed by atoms with E-state index in [1.807, 2.05) is 24.3 Å². The molecule has 0 spiro atoms. The molecule has 2 aromatic rings. The van der Waals surface area contributed by atoms with E-state index in [4.69, 9.17) is 4.74 Å².